The molecule has 4 aliphatic heterocycles. The molecule has 0 aromatic heterocycles. The second-order valence-electron chi connectivity index (χ2n) is 37.3. The first-order chi connectivity index (χ1) is 45.7. The van der Waals surface area contributed by atoms with Gasteiger partial charge in [-0.25, -0.2) is 29.0 Å². The largest absolute Gasteiger partial charge is 0.491 e. The van der Waals surface area contributed by atoms with Gasteiger partial charge in [-0.05, 0) is 193 Å². The number of rotatable bonds is 14. The highest BCUT2D eigenvalue weighted by Gasteiger charge is 2.54. The number of piperazine rings is 2. The second-order valence-corrected chi connectivity index (χ2v) is 46.7. The van der Waals surface area contributed by atoms with Crippen molar-refractivity contribution in [2.45, 2.75) is 272 Å². The Hall–Kier alpha value is -6.17. The summed E-state index contributed by atoms with van der Waals surface area (Å²) < 4.78 is 43.7. The standard InChI is InChI=1S/2C40H61N3O6Si/c1-36(2,3)47-34(44)42-22-20-41(21-23-42)26-28-14-17-32-31(24-28)39(10,11)30-16-15-29(25-33(30)43(32)35(45)48-37(4,5)6)46-27-40(18-19-40)49-50(12,13)38(7,8)9;1-36(2,3)32-27(25-41-20-22-42(23-21-41)35(46)48-37(4,5)6)14-17-30-33(32)39(10,11)29-16-15-28(24-31(29)43(30)34(44)45)47-26-40(18-19-40)49-50(12,13)38(7,8)9/h14-17,24-25H,18-23,26-27H2,1-13H3;14-17,24H,18-23,25-26H2,1-13H3,(H,44,45). The summed E-state index contributed by atoms with van der Waals surface area (Å²) in [5.41, 5.74) is 7.16. The molecular formula is C80H122N6O12Si2. The maximum Gasteiger partial charge on any atom is 0.419 e. The number of carbonyl (C=O) groups excluding carboxylic acids is 3. The molecule has 0 bridgehead atoms. The number of hydrogen-bond acceptors (Lipinski definition) is 13. The summed E-state index contributed by atoms with van der Waals surface area (Å²) >= 11 is 0. The van der Waals surface area contributed by atoms with E-state index in [2.05, 4.69) is 156 Å². The summed E-state index contributed by atoms with van der Waals surface area (Å²) in [7, 11) is -3.92. The third kappa shape index (κ3) is 17.7. The summed E-state index contributed by atoms with van der Waals surface area (Å²) in [4.78, 5) is 63.9. The first-order valence-corrected chi connectivity index (χ1v) is 42.3. The van der Waals surface area contributed by atoms with Crippen molar-refractivity contribution in [2.24, 2.45) is 0 Å². The van der Waals surface area contributed by atoms with Crippen LogP contribution in [0.25, 0.3) is 0 Å². The van der Waals surface area contributed by atoms with E-state index in [9.17, 15) is 24.3 Å². The Bertz CT molecular complexity index is 3680. The highest BCUT2D eigenvalue weighted by Crippen LogP contribution is 2.56. The van der Waals surface area contributed by atoms with E-state index in [1.165, 1.54) is 16.0 Å². The third-order valence-corrected chi connectivity index (χ3v) is 30.5. The highest BCUT2D eigenvalue weighted by atomic mass is 28.4. The summed E-state index contributed by atoms with van der Waals surface area (Å²) in [6.07, 6.45) is 1.98. The van der Waals surface area contributed by atoms with Gasteiger partial charge in [-0.15, -0.1) is 0 Å². The lowest BCUT2D eigenvalue weighted by Gasteiger charge is -2.44. The molecule has 20 heteroatoms. The van der Waals surface area contributed by atoms with Crippen LogP contribution in [-0.2, 0) is 52.4 Å². The second kappa shape index (κ2) is 27.5. The van der Waals surface area contributed by atoms with Crippen molar-refractivity contribution in [3.05, 3.63) is 106 Å². The van der Waals surface area contributed by atoms with Gasteiger partial charge >= 0.3 is 24.4 Å². The molecule has 1 N–H and O–H groups in total. The van der Waals surface area contributed by atoms with E-state index in [0.29, 0.717) is 68.8 Å². The van der Waals surface area contributed by atoms with Crippen LogP contribution in [0.15, 0.2) is 66.7 Å². The molecule has 0 unspecified atom stereocenters. The Kier molecular flexibility index (Phi) is 21.4. The van der Waals surface area contributed by atoms with Gasteiger partial charge in [0, 0.05) is 88.4 Å². The Labute approximate surface area is 601 Å². The van der Waals surface area contributed by atoms with Crippen molar-refractivity contribution in [1.82, 2.24) is 19.6 Å². The molecule has 0 atom stereocenters. The lowest BCUT2D eigenvalue weighted by molar-refractivity contribution is 0.0129. The molecule has 18 nitrogen and oxygen atoms in total. The van der Waals surface area contributed by atoms with Gasteiger partial charge in [0.2, 0.25) is 0 Å². The minimum Gasteiger partial charge on any atom is -0.491 e. The van der Waals surface area contributed by atoms with E-state index < -0.39 is 56.5 Å². The van der Waals surface area contributed by atoms with Crippen molar-refractivity contribution in [2.75, 3.05) is 75.4 Å². The molecule has 4 aromatic carbocycles. The van der Waals surface area contributed by atoms with E-state index in [0.717, 1.165) is 97.6 Å². The molecule has 4 amide bonds. The molecule has 100 heavy (non-hydrogen) atoms. The van der Waals surface area contributed by atoms with Crippen LogP contribution in [0.3, 0.4) is 0 Å². The van der Waals surface area contributed by atoms with Crippen molar-refractivity contribution in [1.29, 1.82) is 0 Å². The van der Waals surface area contributed by atoms with Crippen LogP contribution < -0.4 is 19.3 Å². The topological polar surface area (TPSA) is 173 Å². The lowest BCUT2D eigenvalue weighted by Crippen LogP contribution is -2.49. The molecule has 4 fully saturated rings. The number of carboxylic acid groups (broad SMARTS) is 1. The van der Waals surface area contributed by atoms with Crippen LogP contribution in [0.1, 0.15) is 217 Å². The molecule has 10 rings (SSSR count). The SMILES string of the molecule is CC(C)(C)OC(=O)N1CCN(Cc2ccc3c(c2)C(C)(C)c2ccc(OCC4(O[Si](C)(C)C(C)(C)C)CC4)cc2N3C(=O)OC(C)(C)C)CC1.CC(C)(C)OC(=O)N1CCN(Cc2ccc3c(c2C(C)(C)C)C(C)(C)c2ccc(OCC4(O[Si](C)(C)C(C)(C)C)CC4)cc2N3C(=O)O)CC1. The molecule has 4 aromatic rings. The van der Waals surface area contributed by atoms with Gasteiger partial charge in [-0.1, -0.05) is 120 Å². The van der Waals surface area contributed by atoms with Gasteiger partial charge in [-0.3, -0.25) is 9.80 Å². The first-order valence-electron chi connectivity index (χ1n) is 36.5. The van der Waals surface area contributed by atoms with Crippen LogP contribution >= 0.6 is 0 Å². The molecule has 552 valence electrons. The maximum atomic E-state index is 14.0. The normalized spacial score (nSPS) is 19.0. The maximum absolute atomic E-state index is 14.0. The van der Waals surface area contributed by atoms with Crippen molar-refractivity contribution in [3.63, 3.8) is 0 Å². The van der Waals surface area contributed by atoms with Crippen LogP contribution in [0.2, 0.25) is 36.3 Å². The zero-order chi connectivity index (χ0) is 74.3. The molecule has 2 saturated heterocycles. The average Bonchev–Trinajstić information content (AvgIpc) is 0.891. The highest BCUT2D eigenvalue weighted by molar-refractivity contribution is 6.74. The fourth-order valence-corrected chi connectivity index (χ4v) is 17.0. The number of nitrogens with zero attached hydrogens (tertiary/aromatic N) is 6. The monoisotopic (exact) mass is 1410 g/mol. The van der Waals surface area contributed by atoms with Gasteiger partial charge < -0.3 is 47.4 Å². The molecule has 0 radical (unpaired) electrons. The first kappa shape index (κ1) is 78.0. The average molecular weight is 1420 g/mol. The summed E-state index contributed by atoms with van der Waals surface area (Å²) in [6.45, 7) is 63.0. The Morgan fingerprint density at radius 3 is 1.25 bits per heavy atom. The van der Waals surface area contributed by atoms with E-state index in [-0.39, 0.29) is 38.9 Å². The lowest BCUT2D eigenvalue weighted by atomic mass is 9.66. The van der Waals surface area contributed by atoms with Gasteiger partial charge in [0.15, 0.2) is 16.6 Å². The van der Waals surface area contributed by atoms with Gasteiger partial charge in [0.25, 0.3) is 0 Å². The molecule has 2 saturated carbocycles. The predicted octanol–water partition coefficient (Wildman–Crippen LogP) is 18.8. The number of fused-ring (bicyclic) bond motifs is 4. The van der Waals surface area contributed by atoms with Crippen LogP contribution in [0.5, 0.6) is 11.5 Å². The molecule has 2 aliphatic carbocycles. The quantitative estimate of drug-likeness (QED) is 0.0933. The third-order valence-electron chi connectivity index (χ3n) is 21.4. The van der Waals surface area contributed by atoms with Gasteiger partial charge in [0.1, 0.15) is 41.5 Å². The Morgan fingerprint density at radius 1 is 0.450 bits per heavy atom. The summed E-state index contributed by atoms with van der Waals surface area (Å²) in [5.74, 6) is 1.36. The van der Waals surface area contributed by atoms with Crippen LogP contribution in [0.4, 0.5) is 41.9 Å². The van der Waals surface area contributed by atoms with Crippen LogP contribution in [-0.4, -0.2) is 159 Å². The van der Waals surface area contributed by atoms with Crippen molar-refractivity contribution < 1.29 is 56.8 Å². The molecule has 4 heterocycles. The van der Waals surface area contributed by atoms with E-state index >= 15 is 0 Å². The predicted molar refractivity (Wildman–Crippen MR) is 405 cm³/mol. The summed E-state index contributed by atoms with van der Waals surface area (Å²) in [5, 5.41) is 11.0. The molecule has 0 spiro atoms. The Balaban J connectivity index is 0.000000233. The van der Waals surface area contributed by atoms with E-state index in [1.807, 2.05) is 98.7 Å². The number of hydrogen-bond donors (Lipinski definition) is 1. The number of carbonyl (C=O) groups is 4. The van der Waals surface area contributed by atoms with Crippen molar-refractivity contribution >= 4 is 63.8 Å². The fourth-order valence-electron chi connectivity index (χ4n) is 13.7. The minimum atomic E-state index is -1.97. The zero-order valence-corrected chi connectivity index (χ0v) is 67.8. The minimum absolute atomic E-state index is 0.109. The van der Waals surface area contributed by atoms with Gasteiger partial charge in [0.05, 0.1) is 34.0 Å². The molecule has 6 aliphatic rings. The molecular weight excluding hydrogens is 1290 g/mol. The van der Waals surface area contributed by atoms with E-state index in [4.69, 9.17) is 32.5 Å². The fraction of sp³-hybridized carbons (Fsp3) is 0.650. The van der Waals surface area contributed by atoms with Gasteiger partial charge in [-0.2, -0.15) is 0 Å². The zero-order valence-electron chi connectivity index (χ0n) is 65.8. The number of ether oxygens (including phenoxy) is 5. The van der Waals surface area contributed by atoms with Crippen LogP contribution in [0, 0.1) is 0 Å². The Morgan fingerprint density at radius 2 is 0.850 bits per heavy atom. The summed E-state index contributed by atoms with van der Waals surface area (Å²) in [6, 6.07) is 22.5. The van der Waals surface area contributed by atoms with E-state index in [1.54, 1.807) is 14.7 Å². The number of benzene rings is 4. The van der Waals surface area contributed by atoms with Crippen molar-refractivity contribution in [3.8, 4) is 11.5 Å². The smallest absolute Gasteiger partial charge is 0.419 e. The number of anilines is 4. The number of amides is 4.